The van der Waals surface area contributed by atoms with Gasteiger partial charge >= 0.3 is 0 Å². The molecule has 0 aromatic heterocycles. The van der Waals surface area contributed by atoms with Crippen molar-refractivity contribution in [2.75, 3.05) is 22.4 Å². The average molecular weight is 477 g/mol. The molecule has 0 aliphatic heterocycles. The molecular formula is C23H22Cl2N2O3S. The second-order valence-electron chi connectivity index (χ2n) is 7.69. The second kappa shape index (κ2) is 8.69. The van der Waals surface area contributed by atoms with Gasteiger partial charge in [0.05, 0.1) is 17.0 Å². The summed E-state index contributed by atoms with van der Waals surface area (Å²) >= 11 is 12.2. The SMILES string of the molecule is CS(=O)(=O)N(CCCC(=O)Nc1ccc2c3c(cccc13)CC2)c1cc(Cl)ccc1Cl. The highest BCUT2D eigenvalue weighted by Gasteiger charge is 2.21. The van der Waals surface area contributed by atoms with Gasteiger partial charge in [-0.2, -0.15) is 0 Å². The number of amides is 1. The van der Waals surface area contributed by atoms with E-state index in [9.17, 15) is 13.2 Å². The van der Waals surface area contributed by atoms with Gasteiger partial charge in [-0.1, -0.05) is 47.5 Å². The van der Waals surface area contributed by atoms with Crippen molar-refractivity contribution in [3.63, 3.8) is 0 Å². The summed E-state index contributed by atoms with van der Waals surface area (Å²) < 4.78 is 25.8. The number of rotatable bonds is 7. The Morgan fingerprint density at radius 1 is 1.06 bits per heavy atom. The highest BCUT2D eigenvalue weighted by molar-refractivity contribution is 7.92. The van der Waals surface area contributed by atoms with Crippen LogP contribution in [0.25, 0.3) is 10.8 Å². The van der Waals surface area contributed by atoms with E-state index >= 15 is 0 Å². The van der Waals surface area contributed by atoms with Crippen LogP contribution in [0.5, 0.6) is 0 Å². The molecule has 4 rings (SSSR count). The van der Waals surface area contributed by atoms with Gasteiger partial charge in [0.25, 0.3) is 0 Å². The third-order valence-corrected chi connectivity index (χ3v) is 7.23. The van der Waals surface area contributed by atoms with Crippen LogP contribution < -0.4 is 9.62 Å². The number of nitrogens with one attached hydrogen (secondary N) is 1. The number of anilines is 2. The lowest BCUT2D eigenvalue weighted by Crippen LogP contribution is -2.31. The van der Waals surface area contributed by atoms with Crippen molar-refractivity contribution in [1.29, 1.82) is 0 Å². The number of carbonyl (C=O) groups excluding carboxylic acids is 1. The van der Waals surface area contributed by atoms with E-state index in [1.807, 2.05) is 18.2 Å². The summed E-state index contributed by atoms with van der Waals surface area (Å²) in [5.74, 6) is -0.163. The Bertz CT molecular complexity index is 1270. The first-order valence-electron chi connectivity index (χ1n) is 10.00. The van der Waals surface area contributed by atoms with Gasteiger partial charge < -0.3 is 5.32 Å². The molecule has 0 bridgehead atoms. The zero-order valence-electron chi connectivity index (χ0n) is 17.0. The molecule has 0 saturated carbocycles. The molecule has 0 heterocycles. The minimum absolute atomic E-state index is 0.121. The fourth-order valence-electron chi connectivity index (χ4n) is 4.09. The average Bonchev–Trinajstić information content (AvgIpc) is 3.13. The van der Waals surface area contributed by atoms with Gasteiger partial charge in [0, 0.05) is 29.1 Å². The Morgan fingerprint density at radius 3 is 2.55 bits per heavy atom. The van der Waals surface area contributed by atoms with Crippen molar-refractivity contribution >= 4 is 61.3 Å². The maximum absolute atomic E-state index is 12.6. The van der Waals surface area contributed by atoms with Crippen LogP contribution in [0.1, 0.15) is 24.0 Å². The minimum atomic E-state index is -3.59. The van der Waals surface area contributed by atoms with Crippen molar-refractivity contribution in [3.8, 4) is 0 Å². The molecule has 1 aliphatic rings. The van der Waals surface area contributed by atoms with Gasteiger partial charge in [-0.05, 0) is 60.0 Å². The van der Waals surface area contributed by atoms with Gasteiger partial charge in [0.15, 0.2) is 0 Å². The Morgan fingerprint density at radius 2 is 1.81 bits per heavy atom. The van der Waals surface area contributed by atoms with E-state index in [2.05, 4.69) is 17.4 Å². The van der Waals surface area contributed by atoms with Gasteiger partial charge in [0.2, 0.25) is 15.9 Å². The quantitative estimate of drug-likeness (QED) is 0.494. The van der Waals surface area contributed by atoms with Gasteiger partial charge in [-0.15, -0.1) is 0 Å². The molecule has 1 amide bonds. The number of halogens is 2. The summed E-state index contributed by atoms with van der Waals surface area (Å²) in [4.78, 5) is 12.6. The van der Waals surface area contributed by atoms with Crippen molar-refractivity contribution < 1.29 is 13.2 Å². The van der Waals surface area contributed by atoms with Crippen LogP contribution in [0.4, 0.5) is 11.4 Å². The Balaban J connectivity index is 1.45. The van der Waals surface area contributed by atoms with Crippen LogP contribution in [-0.2, 0) is 27.7 Å². The Labute approximate surface area is 192 Å². The zero-order valence-corrected chi connectivity index (χ0v) is 19.3. The molecule has 1 aliphatic carbocycles. The number of nitrogens with zero attached hydrogens (tertiary/aromatic N) is 1. The van der Waals surface area contributed by atoms with Crippen molar-refractivity contribution in [2.45, 2.75) is 25.7 Å². The van der Waals surface area contributed by atoms with Crippen molar-refractivity contribution in [2.24, 2.45) is 0 Å². The maximum Gasteiger partial charge on any atom is 0.232 e. The molecule has 0 atom stereocenters. The molecule has 31 heavy (non-hydrogen) atoms. The van der Waals surface area contributed by atoms with E-state index in [-0.39, 0.29) is 23.9 Å². The first-order valence-corrected chi connectivity index (χ1v) is 12.6. The Kier molecular flexibility index (Phi) is 6.15. The smallest absolute Gasteiger partial charge is 0.232 e. The predicted octanol–water partition coefficient (Wildman–Crippen LogP) is 5.43. The fourth-order valence-corrected chi connectivity index (χ4v) is 5.50. The lowest BCUT2D eigenvalue weighted by atomic mass is 10.0. The molecular weight excluding hydrogens is 455 g/mol. The summed E-state index contributed by atoms with van der Waals surface area (Å²) in [6.45, 7) is 0.121. The third kappa shape index (κ3) is 4.66. The van der Waals surface area contributed by atoms with E-state index in [0.29, 0.717) is 17.1 Å². The number of sulfonamides is 1. The van der Waals surface area contributed by atoms with Gasteiger partial charge in [0.1, 0.15) is 0 Å². The summed E-state index contributed by atoms with van der Waals surface area (Å²) in [5, 5.41) is 5.94. The number of hydrogen-bond acceptors (Lipinski definition) is 3. The molecule has 0 radical (unpaired) electrons. The molecule has 0 saturated heterocycles. The number of hydrogen-bond donors (Lipinski definition) is 1. The predicted molar refractivity (Wildman–Crippen MR) is 128 cm³/mol. The first-order chi connectivity index (χ1) is 14.7. The van der Waals surface area contributed by atoms with Crippen LogP contribution >= 0.6 is 23.2 Å². The monoisotopic (exact) mass is 476 g/mol. The van der Waals surface area contributed by atoms with E-state index < -0.39 is 10.0 Å². The Hall–Kier alpha value is -2.28. The van der Waals surface area contributed by atoms with Crippen LogP contribution in [0.2, 0.25) is 10.0 Å². The molecule has 0 unspecified atom stereocenters. The molecule has 3 aromatic rings. The van der Waals surface area contributed by atoms with Gasteiger partial charge in [-0.25, -0.2) is 8.42 Å². The largest absolute Gasteiger partial charge is 0.326 e. The highest BCUT2D eigenvalue weighted by atomic mass is 35.5. The van der Waals surface area contributed by atoms with E-state index in [1.165, 1.54) is 26.9 Å². The van der Waals surface area contributed by atoms with E-state index in [1.54, 1.807) is 12.1 Å². The maximum atomic E-state index is 12.6. The van der Waals surface area contributed by atoms with Gasteiger partial charge in [-0.3, -0.25) is 9.10 Å². The third-order valence-electron chi connectivity index (χ3n) is 5.49. The topological polar surface area (TPSA) is 66.5 Å². The first kappa shape index (κ1) is 21.9. The lowest BCUT2D eigenvalue weighted by molar-refractivity contribution is -0.116. The number of carbonyl (C=O) groups is 1. The van der Waals surface area contributed by atoms with E-state index in [4.69, 9.17) is 23.2 Å². The number of benzene rings is 3. The fraction of sp³-hybridized carbons (Fsp3) is 0.261. The summed E-state index contributed by atoms with van der Waals surface area (Å²) in [6.07, 6.45) is 3.67. The van der Waals surface area contributed by atoms with Crippen LogP contribution in [0.15, 0.2) is 48.5 Å². The standard InChI is InChI=1S/C23H22Cl2N2O3S/c1-31(29,30)27(21-14-17(24)10-11-19(21)25)13-3-6-22(28)26-20-12-9-16-8-7-15-4-2-5-18(20)23(15)16/h2,4-5,9-12,14H,3,6-8,13H2,1H3,(H,26,28). The van der Waals surface area contributed by atoms with Crippen molar-refractivity contribution in [3.05, 3.63) is 69.7 Å². The summed E-state index contributed by atoms with van der Waals surface area (Å²) in [6, 6.07) is 14.8. The molecule has 0 fully saturated rings. The van der Waals surface area contributed by atoms with Crippen molar-refractivity contribution in [1.82, 2.24) is 0 Å². The summed E-state index contributed by atoms with van der Waals surface area (Å²) in [5.41, 5.74) is 3.71. The summed E-state index contributed by atoms with van der Waals surface area (Å²) in [7, 11) is -3.59. The van der Waals surface area contributed by atoms with Crippen LogP contribution in [0, 0.1) is 0 Å². The minimum Gasteiger partial charge on any atom is -0.326 e. The molecule has 0 spiro atoms. The molecule has 5 nitrogen and oxygen atoms in total. The highest BCUT2D eigenvalue weighted by Crippen LogP contribution is 2.35. The van der Waals surface area contributed by atoms with E-state index in [0.717, 1.165) is 30.2 Å². The van der Waals surface area contributed by atoms with Crippen LogP contribution in [-0.4, -0.2) is 27.1 Å². The lowest BCUT2D eigenvalue weighted by Gasteiger charge is -2.23. The number of aryl methyl sites for hydroxylation is 2. The second-order valence-corrected chi connectivity index (χ2v) is 10.4. The molecule has 8 heteroatoms. The molecule has 3 aromatic carbocycles. The normalized spacial score (nSPS) is 12.9. The molecule has 162 valence electrons. The molecule has 1 N–H and O–H groups in total. The zero-order chi connectivity index (χ0) is 22.2. The van der Waals surface area contributed by atoms with Crippen LogP contribution in [0.3, 0.4) is 0 Å².